The lowest BCUT2D eigenvalue weighted by Crippen LogP contribution is -2.47. The summed E-state index contributed by atoms with van der Waals surface area (Å²) in [7, 11) is 1.70. The van der Waals surface area contributed by atoms with Crippen LogP contribution in [0, 0.1) is 0 Å². The maximum Gasteiger partial charge on any atom is 0.255 e. The van der Waals surface area contributed by atoms with Crippen LogP contribution in [0.15, 0.2) is 66.7 Å². The number of hydrogen-bond donors (Lipinski definition) is 2. The molecular formula is C34H43N5O4. The third-order valence-corrected chi connectivity index (χ3v) is 8.21. The van der Waals surface area contributed by atoms with Crippen molar-refractivity contribution in [3.63, 3.8) is 0 Å². The summed E-state index contributed by atoms with van der Waals surface area (Å²) in [5.41, 5.74) is 4.88. The molecule has 0 unspecified atom stereocenters. The van der Waals surface area contributed by atoms with Crippen molar-refractivity contribution in [3.8, 4) is 5.75 Å². The molecule has 0 atom stereocenters. The molecule has 9 heteroatoms. The predicted octanol–water partition coefficient (Wildman–Crippen LogP) is 4.29. The number of anilines is 3. The molecule has 2 amide bonds. The second kappa shape index (κ2) is 14.9. The molecular weight excluding hydrogens is 542 g/mol. The van der Waals surface area contributed by atoms with Crippen molar-refractivity contribution in [1.82, 2.24) is 10.2 Å². The normalized spacial score (nSPS) is 15.7. The van der Waals surface area contributed by atoms with Crippen LogP contribution in [0.3, 0.4) is 0 Å². The first-order chi connectivity index (χ1) is 21.1. The van der Waals surface area contributed by atoms with E-state index in [0.717, 1.165) is 89.0 Å². The number of piperazine rings is 1. The van der Waals surface area contributed by atoms with Gasteiger partial charge in [0.1, 0.15) is 5.75 Å². The van der Waals surface area contributed by atoms with Gasteiger partial charge in [-0.2, -0.15) is 0 Å². The molecule has 0 radical (unpaired) electrons. The Morgan fingerprint density at radius 2 is 1.53 bits per heavy atom. The van der Waals surface area contributed by atoms with Gasteiger partial charge in [-0.05, 0) is 67.4 Å². The summed E-state index contributed by atoms with van der Waals surface area (Å²) >= 11 is 0. The van der Waals surface area contributed by atoms with E-state index in [1.54, 1.807) is 13.2 Å². The molecule has 2 aliphatic rings. The topological polar surface area (TPSA) is 86.4 Å². The molecule has 9 nitrogen and oxygen atoms in total. The zero-order valence-corrected chi connectivity index (χ0v) is 25.3. The van der Waals surface area contributed by atoms with Crippen molar-refractivity contribution >= 4 is 28.9 Å². The smallest absolute Gasteiger partial charge is 0.255 e. The van der Waals surface area contributed by atoms with Gasteiger partial charge in [-0.3, -0.25) is 14.5 Å². The van der Waals surface area contributed by atoms with Crippen LogP contribution in [-0.2, 0) is 11.2 Å². The van der Waals surface area contributed by atoms with Gasteiger partial charge in [-0.15, -0.1) is 0 Å². The number of carbonyl (C=O) groups is 2. The molecule has 2 aliphatic heterocycles. The first kappa shape index (κ1) is 30.4. The van der Waals surface area contributed by atoms with Crippen LogP contribution in [0.5, 0.6) is 5.75 Å². The van der Waals surface area contributed by atoms with Crippen molar-refractivity contribution in [2.75, 3.05) is 87.8 Å². The Morgan fingerprint density at radius 3 is 2.23 bits per heavy atom. The number of hydrogen-bond acceptors (Lipinski definition) is 7. The fourth-order valence-electron chi connectivity index (χ4n) is 5.67. The average Bonchev–Trinajstić information content (AvgIpc) is 3.07. The van der Waals surface area contributed by atoms with Crippen LogP contribution in [0.25, 0.3) is 0 Å². The number of nitrogens with zero attached hydrogens (tertiary/aromatic N) is 3. The summed E-state index contributed by atoms with van der Waals surface area (Å²) in [6, 6.07) is 21.3. The minimum absolute atomic E-state index is 0.132. The van der Waals surface area contributed by atoms with Crippen LogP contribution >= 0.6 is 0 Å². The number of nitrogens with one attached hydrogen (secondary N) is 2. The standard InChI is InChI=1S/C34H43N5O4/c1-3-26-9-11-27(12-10-26)33(40)36-28-13-14-30(29(25-28)34(41)35-15-6-16-37-21-23-43-24-22-37)38-17-19-39(20-18-38)31-7-4-5-8-32(31)42-2/h4-5,7-14,25H,3,6,15-24H2,1-2H3,(H,35,41)(H,36,40). The second-order valence-electron chi connectivity index (χ2n) is 10.9. The Morgan fingerprint density at radius 1 is 0.837 bits per heavy atom. The van der Waals surface area contributed by atoms with Crippen molar-refractivity contribution in [3.05, 3.63) is 83.4 Å². The second-order valence-corrected chi connectivity index (χ2v) is 10.9. The van der Waals surface area contributed by atoms with Crippen LogP contribution < -0.4 is 25.2 Å². The molecule has 228 valence electrons. The molecule has 2 saturated heterocycles. The van der Waals surface area contributed by atoms with E-state index < -0.39 is 0 Å². The monoisotopic (exact) mass is 585 g/mol. The summed E-state index contributed by atoms with van der Waals surface area (Å²) in [5.74, 6) is 0.530. The molecule has 2 heterocycles. The van der Waals surface area contributed by atoms with Crippen molar-refractivity contribution in [1.29, 1.82) is 0 Å². The number of ether oxygens (including phenoxy) is 2. The number of aryl methyl sites for hydroxylation is 1. The highest BCUT2D eigenvalue weighted by atomic mass is 16.5. The predicted molar refractivity (Wildman–Crippen MR) is 172 cm³/mol. The van der Waals surface area contributed by atoms with E-state index in [2.05, 4.69) is 38.3 Å². The third-order valence-electron chi connectivity index (χ3n) is 8.21. The Balaban J connectivity index is 1.29. The Hall–Kier alpha value is -4.08. The molecule has 0 saturated carbocycles. The highest BCUT2D eigenvalue weighted by Gasteiger charge is 2.24. The van der Waals surface area contributed by atoms with Gasteiger partial charge < -0.3 is 29.9 Å². The Bertz CT molecular complexity index is 1370. The number of rotatable bonds is 11. The van der Waals surface area contributed by atoms with Gasteiger partial charge in [0, 0.05) is 62.8 Å². The van der Waals surface area contributed by atoms with Crippen LogP contribution in [0.2, 0.25) is 0 Å². The molecule has 3 aromatic rings. The number of benzene rings is 3. The zero-order chi connectivity index (χ0) is 30.0. The highest BCUT2D eigenvalue weighted by Crippen LogP contribution is 2.31. The molecule has 0 aromatic heterocycles. The van der Waals surface area contributed by atoms with E-state index >= 15 is 0 Å². The fraction of sp³-hybridized carbons (Fsp3) is 0.412. The summed E-state index contributed by atoms with van der Waals surface area (Å²) in [4.78, 5) is 33.5. The molecule has 43 heavy (non-hydrogen) atoms. The summed E-state index contributed by atoms with van der Waals surface area (Å²) in [6.07, 6.45) is 1.78. The SMILES string of the molecule is CCc1ccc(C(=O)Nc2ccc(N3CCN(c4ccccc4OC)CC3)c(C(=O)NCCCN3CCOCC3)c2)cc1. The largest absolute Gasteiger partial charge is 0.495 e. The van der Waals surface area contributed by atoms with Crippen LogP contribution in [0.1, 0.15) is 39.6 Å². The third kappa shape index (κ3) is 7.86. The summed E-state index contributed by atoms with van der Waals surface area (Å²) in [6.45, 7) is 10.1. The van der Waals surface area contributed by atoms with Gasteiger partial charge in [-0.25, -0.2) is 0 Å². The number of amides is 2. The van der Waals surface area contributed by atoms with E-state index in [-0.39, 0.29) is 11.8 Å². The first-order valence-corrected chi connectivity index (χ1v) is 15.3. The van der Waals surface area contributed by atoms with E-state index in [1.807, 2.05) is 54.6 Å². The van der Waals surface area contributed by atoms with E-state index in [9.17, 15) is 9.59 Å². The fourth-order valence-corrected chi connectivity index (χ4v) is 5.67. The van der Waals surface area contributed by atoms with Gasteiger partial charge in [0.2, 0.25) is 0 Å². The lowest BCUT2D eigenvalue weighted by molar-refractivity contribution is 0.0374. The van der Waals surface area contributed by atoms with E-state index in [1.165, 1.54) is 5.56 Å². The molecule has 0 spiro atoms. The molecule has 0 aliphatic carbocycles. The maximum atomic E-state index is 13.6. The zero-order valence-electron chi connectivity index (χ0n) is 25.3. The minimum atomic E-state index is -0.197. The Kier molecular flexibility index (Phi) is 10.5. The lowest BCUT2D eigenvalue weighted by Gasteiger charge is -2.38. The van der Waals surface area contributed by atoms with Crippen LogP contribution in [-0.4, -0.2) is 89.4 Å². The molecule has 2 fully saturated rings. The van der Waals surface area contributed by atoms with Crippen molar-refractivity contribution in [2.24, 2.45) is 0 Å². The Labute approximate surface area is 254 Å². The van der Waals surface area contributed by atoms with Crippen molar-refractivity contribution in [2.45, 2.75) is 19.8 Å². The quantitative estimate of drug-likeness (QED) is 0.325. The van der Waals surface area contributed by atoms with Crippen molar-refractivity contribution < 1.29 is 19.1 Å². The van der Waals surface area contributed by atoms with Gasteiger partial charge in [0.05, 0.1) is 31.6 Å². The van der Waals surface area contributed by atoms with E-state index in [0.29, 0.717) is 23.4 Å². The average molecular weight is 586 g/mol. The van der Waals surface area contributed by atoms with Gasteiger partial charge in [0.25, 0.3) is 11.8 Å². The first-order valence-electron chi connectivity index (χ1n) is 15.3. The highest BCUT2D eigenvalue weighted by molar-refractivity contribution is 6.06. The molecule has 5 rings (SSSR count). The van der Waals surface area contributed by atoms with Gasteiger partial charge in [0.15, 0.2) is 0 Å². The van der Waals surface area contributed by atoms with Gasteiger partial charge in [-0.1, -0.05) is 31.2 Å². The minimum Gasteiger partial charge on any atom is -0.495 e. The lowest BCUT2D eigenvalue weighted by atomic mass is 10.1. The maximum absolute atomic E-state index is 13.6. The van der Waals surface area contributed by atoms with E-state index in [4.69, 9.17) is 9.47 Å². The van der Waals surface area contributed by atoms with Gasteiger partial charge >= 0.3 is 0 Å². The summed E-state index contributed by atoms with van der Waals surface area (Å²) in [5, 5.41) is 6.12. The molecule has 2 N–H and O–H groups in total. The summed E-state index contributed by atoms with van der Waals surface area (Å²) < 4.78 is 11.0. The number of carbonyl (C=O) groups excluding carboxylic acids is 2. The number of morpholine rings is 1. The number of para-hydroxylation sites is 2. The number of methoxy groups -OCH3 is 1. The molecule has 3 aromatic carbocycles. The molecule has 0 bridgehead atoms. The van der Waals surface area contributed by atoms with Crippen LogP contribution in [0.4, 0.5) is 17.1 Å².